The summed E-state index contributed by atoms with van der Waals surface area (Å²) in [7, 11) is 0. The lowest BCUT2D eigenvalue weighted by Gasteiger charge is -2.47. The van der Waals surface area contributed by atoms with Crippen molar-refractivity contribution in [2.24, 2.45) is 0 Å². The lowest BCUT2D eigenvalue weighted by atomic mass is 9.54. The number of hydrogen-bond donors (Lipinski definition) is 0. The van der Waals surface area contributed by atoms with Gasteiger partial charge in [0.2, 0.25) is 0 Å². The Morgan fingerprint density at radius 1 is 0.441 bits per heavy atom. The summed E-state index contributed by atoms with van der Waals surface area (Å²) in [6.07, 6.45) is 0. The normalized spacial score (nSPS) is 12.4. The van der Waals surface area contributed by atoms with E-state index >= 15 is 0 Å². The van der Waals surface area contributed by atoms with Crippen LogP contribution in [0.5, 0.6) is 0 Å². The van der Waals surface area contributed by atoms with Gasteiger partial charge < -0.3 is 0 Å². The Bertz CT molecular complexity index is 1200. The monoisotopic (exact) mass is 436 g/mol. The first-order valence-corrected chi connectivity index (χ1v) is 11.8. The van der Waals surface area contributed by atoms with Crippen molar-refractivity contribution < 1.29 is 0 Å². The average Bonchev–Trinajstić information content (AvgIpc) is 2.94. The molecule has 0 N–H and O–H groups in total. The molecule has 5 aromatic carbocycles. The maximum absolute atomic E-state index is 4.88. The third-order valence-corrected chi connectivity index (χ3v) is 6.70. The van der Waals surface area contributed by atoms with Crippen LogP contribution in [-0.4, -0.2) is 0 Å². The molecule has 0 saturated heterocycles. The highest BCUT2D eigenvalue weighted by atomic mass is 14.5. The number of hydrogen-bond acceptors (Lipinski definition) is 0. The highest BCUT2D eigenvalue weighted by Crippen LogP contribution is 2.55. The second-order valence-electron chi connectivity index (χ2n) is 8.61. The van der Waals surface area contributed by atoms with Gasteiger partial charge in [-0.2, -0.15) is 0 Å². The zero-order valence-electron chi connectivity index (χ0n) is 19.2. The molecule has 0 heterocycles. The molecule has 0 aliphatic heterocycles. The van der Waals surface area contributed by atoms with Crippen molar-refractivity contribution >= 4 is 0 Å². The molecule has 5 aromatic rings. The molecule has 164 valence electrons. The zero-order valence-corrected chi connectivity index (χ0v) is 19.2. The maximum Gasteiger partial charge on any atom is 0.0495 e. The van der Waals surface area contributed by atoms with Crippen molar-refractivity contribution in [3.8, 4) is 0 Å². The summed E-state index contributed by atoms with van der Waals surface area (Å²) >= 11 is 0. The van der Waals surface area contributed by atoms with Gasteiger partial charge in [-0.25, -0.2) is 0 Å². The van der Waals surface area contributed by atoms with Gasteiger partial charge in [0.05, 0.1) is 0 Å². The van der Waals surface area contributed by atoms with E-state index in [-0.39, 0.29) is 5.92 Å². The molecule has 0 amide bonds. The van der Waals surface area contributed by atoms with E-state index in [0.29, 0.717) is 0 Å². The molecular weight excluding hydrogens is 408 g/mol. The van der Waals surface area contributed by atoms with Crippen LogP contribution < -0.4 is 0 Å². The first-order valence-electron chi connectivity index (χ1n) is 11.8. The van der Waals surface area contributed by atoms with Crippen LogP contribution in [0, 0.1) is 12.8 Å². The molecule has 0 fully saturated rings. The van der Waals surface area contributed by atoms with Gasteiger partial charge in [0.25, 0.3) is 0 Å². The fraction of sp³-hybridized carbons (Fsp3) is 0.0588. The van der Waals surface area contributed by atoms with E-state index in [1.807, 2.05) is 0 Å². The lowest BCUT2D eigenvalue weighted by molar-refractivity contribution is 0.500. The number of benzene rings is 5. The average molecular weight is 437 g/mol. The molecule has 1 unspecified atom stereocenters. The molecule has 0 heteroatoms. The third-order valence-electron chi connectivity index (χ3n) is 6.70. The van der Waals surface area contributed by atoms with Gasteiger partial charge in [0.15, 0.2) is 0 Å². The summed E-state index contributed by atoms with van der Waals surface area (Å²) in [4.78, 5) is 0. The van der Waals surface area contributed by atoms with Gasteiger partial charge in [0, 0.05) is 11.3 Å². The molecule has 2 radical (unpaired) electrons. The van der Waals surface area contributed by atoms with Crippen molar-refractivity contribution in [1.82, 2.24) is 0 Å². The predicted molar refractivity (Wildman–Crippen MR) is 143 cm³/mol. The van der Waals surface area contributed by atoms with Crippen LogP contribution in [0.1, 0.15) is 33.7 Å². The first kappa shape index (κ1) is 21.9. The highest BCUT2D eigenvalue weighted by Gasteiger charge is 2.48. The Labute approximate surface area is 203 Å². The maximum atomic E-state index is 4.88. The van der Waals surface area contributed by atoms with Gasteiger partial charge in [-0.05, 0) is 40.7 Å². The van der Waals surface area contributed by atoms with Gasteiger partial charge in [-0.15, -0.1) is 0 Å². The summed E-state index contributed by atoms with van der Waals surface area (Å²) in [5, 5.41) is 0. The Morgan fingerprint density at radius 2 is 0.765 bits per heavy atom. The van der Waals surface area contributed by atoms with Crippen LogP contribution in [0.25, 0.3) is 0 Å². The lowest BCUT2D eigenvalue weighted by Crippen LogP contribution is -2.41. The summed E-state index contributed by atoms with van der Waals surface area (Å²) < 4.78 is 0. The van der Waals surface area contributed by atoms with E-state index < -0.39 is 5.41 Å². The van der Waals surface area contributed by atoms with Crippen LogP contribution in [0.15, 0.2) is 152 Å². The fourth-order valence-corrected chi connectivity index (χ4v) is 5.20. The molecule has 1 atom stereocenters. The molecule has 5 rings (SSSR count). The van der Waals surface area contributed by atoms with Crippen LogP contribution >= 0.6 is 0 Å². The van der Waals surface area contributed by atoms with E-state index in [4.69, 9.17) is 6.92 Å². The molecule has 0 saturated carbocycles. The second-order valence-corrected chi connectivity index (χ2v) is 8.61. The molecule has 0 spiro atoms. The topological polar surface area (TPSA) is 0 Å². The summed E-state index contributed by atoms with van der Waals surface area (Å²) in [6, 6.07) is 54.0. The van der Waals surface area contributed by atoms with Gasteiger partial charge >= 0.3 is 0 Å². The van der Waals surface area contributed by atoms with Gasteiger partial charge in [0.1, 0.15) is 0 Å². The molecular formula is C34H28. The quantitative estimate of drug-likeness (QED) is 0.241. The summed E-state index contributed by atoms with van der Waals surface area (Å²) in [6.45, 7) is 4.88. The van der Waals surface area contributed by atoms with Crippen LogP contribution in [-0.2, 0) is 5.41 Å². The zero-order chi connectivity index (χ0) is 23.2. The smallest absolute Gasteiger partial charge is 0.0495 e. The van der Waals surface area contributed by atoms with Crippen molar-refractivity contribution in [1.29, 1.82) is 0 Å². The van der Waals surface area contributed by atoms with Gasteiger partial charge in [-0.1, -0.05) is 152 Å². The summed E-state index contributed by atoms with van der Waals surface area (Å²) in [5.74, 6) is 1.18. The standard InChI is InChI=1S/C34H28/c1-27(28-17-7-2-8-18-28)34(31-23-13-5-14-24-31,32-25-15-6-16-26-32)33(29-19-9-3-10-20-29)30-21-11-4-12-22-30/h2-27H,1H2. The van der Waals surface area contributed by atoms with E-state index in [1.165, 1.54) is 33.7 Å². The Morgan fingerprint density at radius 3 is 1.15 bits per heavy atom. The molecule has 34 heavy (non-hydrogen) atoms. The summed E-state index contributed by atoms with van der Waals surface area (Å²) in [5.41, 5.74) is 5.55. The van der Waals surface area contributed by atoms with Crippen LogP contribution in [0.4, 0.5) is 0 Å². The molecule has 0 aromatic heterocycles. The predicted octanol–water partition coefficient (Wildman–Crippen LogP) is 8.26. The fourth-order valence-electron chi connectivity index (χ4n) is 5.20. The van der Waals surface area contributed by atoms with Crippen molar-refractivity contribution in [2.75, 3.05) is 0 Å². The van der Waals surface area contributed by atoms with E-state index in [1.54, 1.807) is 0 Å². The minimum Gasteiger partial charge on any atom is -0.0622 e. The van der Waals surface area contributed by atoms with Crippen molar-refractivity contribution in [3.63, 3.8) is 0 Å². The van der Waals surface area contributed by atoms with Crippen LogP contribution in [0.2, 0.25) is 0 Å². The Balaban J connectivity index is 1.91. The molecule has 0 nitrogen and oxygen atoms in total. The third kappa shape index (κ3) is 3.97. The minimum atomic E-state index is -0.521. The SMILES string of the molecule is [CH2]C(c1ccccc1)C([C](c1ccccc1)c1ccccc1)(c1ccccc1)c1ccccc1. The van der Waals surface area contributed by atoms with Crippen molar-refractivity contribution in [3.05, 3.63) is 192 Å². The second kappa shape index (κ2) is 9.93. The van der Waals surface area contributed by atoms with E-state index in [9.17, 15) is 0 Å². The Hall–Kier alpha value is -3.90. The van der Waals surface area contributed by atoms with Crippen molar-refractivity contribution in [2.45, 2.75) is 11.3 Å². The van der Waals surface area contributed by atoms with E-state index in [2.05, 4.69) is 152 Å². The Kier molecular flexibility index (Phi) is 6.40. The largest absolute Gasteiger partial charge is 0.0622 e. The first-order chi connectivity index (χ1) is 16.8. The van der Waals surface area contributed by atoms with Gasteiger partial charge in [-0.3, -0.25) is 0 Å². The number of rotatable bonds is 7. The van der Waals surface area contributed by atoms with E-state index in [0.717, 1.165) is 0 Å². The molecule has 0 aliphatic rings. The highest BCUT2D eigenvalue weighted by molar-refractivity contribution is 5.63. The molecule has 0 bridgehead atoms. The minimum absolute atomic E-state index is 0.0751. The molecule has 0 aliphatic carbocycles. The van der Waals surface area contributed by atoms with Crippen LogP contribution in [0.3, 0.4) is 0 Å².